The molecule has 11 heteroatoms. The van der Waals surface area contributed by atoms with Gasteiger partial charge in [0.05, 0.1) is 0 Å². The Bertz CT molecular complexity index is 805. The fourth-order valence-electron chi connectivity index (χ4n) is 2.19. The molecule has 3 rings (SSSR count). The summed E-state index contributed by atoms with van der Waals surface area (Å²) in [5.74, 6) is -1.28. The molecule has 2 heterocycles. The number of alkyl halides is 3. The topological polar surface area (TPSA) is 91.4 Å². The van der Waals surface area contributed by atoms with Crippen LogP contribution in [0.1, 0.15) is 29.8 Å². The first-order valence-electron chi connectivity index (χ1n) is 6.32. The van der Waals surface area contributed by atoms with Crippen LogP contribution in [0.4, 0.5) is 13.2 Å². The lowest BCUT2D eigenvalue weighted by Gasteiger charge is -2.41. The van der Waals surface area contributed by atoms with Crippen LogP contribution in [-0.4, -0.2) is 42.1 Å². The molecule has 0 unspecified atom stereocenters. The lowest BCUT2D eigenvalue weighted by atomic mass is 9.79. The summed E-state index contributed by atoms with van der Waals surface area (Å²) < 4.78 is 45.5. The van der Waals surface area contributed by atoms with Crippen molar-refractivity contribution in [1.29, 1.82) is 0 Å². The van der Waals surface area contributed by atoms with Gasteiger partial charge in [-0.3, -0.25) is 0 Å². The Labute approximate surface area is 120 Å². The standard InChI is InChI=1S/C11H10F3N5O3/c1-18-9(21)19-5-15-6(7(19)16-17-18)8(20)22-10(3-2-4-10)11(12,13)14/h5H,2-4H2,1H3. The lowest BCUT2D eigenvalue weighted by molar-refractivity contribution is -0.284. The van der Waals surface area contributed by atoms with Crippen molar-refractivity contribution in [2.75, 3.05) is 0 Å². The second-order valence-electron chi connectivity index (χ2n) is 5.02. The number of aromatic nitrogens is 5. The fourth-order valence-corrected chi connectivity index (χ4v) is 2.19. The van der Waals surface area contributed by atoms with Crippen LogP contribution in [0, 0.1) is 0 Å². The number of aryl methyl sites for hydroxylation is 1. The van der Waals surface area contributed by atoms with Crippen molar-refractivity contribution in [2.45, 2.75) is 31.0 Å². The monoisotopic (exact) mass is 317 g/mol. The molecule has 0 saturated heterocycles. The van der Waals surface area contributed by atoms with Crippen molar-refractivity contribution in [2.24, 2.45) is 7.05 Å². The third-order valence-corrected chi connectivity index (χ3v) is 3.66. The van der Waals surface area contributed by atoms with Gasteiger partial charge in [-0.1, -0.05) is 5.21 Å². The maximum Gasteiger partial charge on any atom is 0.428 e. The largest absolute Gasteiger partial charge is 0.445 e. The number of imidazole rings is 1. The Balaban J connectivity index is 1.97. The molecule has 1 saturated carbocycles. The number of halogens is 3. The number of fused-ring (bicyclic) bond motifs is 1. The Morgan fingerprint density at radius 1 is 1.41 bits per heavy atom. The summed E-state index contributed by atoms with van der Waals surface area (Å²) in [6.07, 6.45) is -3.93. The van der Waals surface area contributed by atoms with E-state index >= 15 is 0 Å². The molecular formula is C11H10F3N5O3. The Morgan fingerprint density at radius 2 is 2.09 bits per heavy atom. The highest BCUT2D eigenvalue weighted by atomic mass is 19.4. The average Bonchev–Trinajstić information content (AvgIpc) is 2.81. The number of hydrogen-bond donors (Lipinski definition) is 0. The number of rotatable bonds is 2. The van der Waals surface area contributed by atoms with Crippen molar-refractivity contribution in [1.82, 2.24) is 24.4 Å². The summed E-state index contributed by atoms with van der Waals surface area (Å²) >= 11 is 0. The number of carbonyl (C=O) groups is 1. The van der Waals surface area contributed by atoms with Gasteiger partial charge < -0.3 is 4.74 Å². The van der Waals surface area contributed by atoms with Crippen molar-refractivity contribution >= 4 is 11.6 Å². The zero-order valence-corrected chi connectivity index (χ0v) is 11.3. The molecule has 0 amide bonds. The van der Waals surface area contributed by atoms with E-state index in [9.17, 15) is 22.8 Å². The van der Waals surface area contributed by atoms with E-state index in [0.717, 1.165) is 15.4 Å². The molecule has 2 aromatic rings. The quantitative estimate of drug-likeness (QED) is 0.748. The molecular weight excluding hydrogens is 307 g/mol. The predicted octanol–water partition coefficient (Wildman–Crippen LogP) is 0.465. The molecule has 2 aromatic heterocycles. The van der Waals surface area contributed by atoms with Gasteiger partial charge >= 0.3 is 17.8 Å². The maximum absolute atomic E-state index is 13.0. The van der Waals surface area contributed by atoms with E-state index in [0.29, 0.717) is 6.42 Å². The van der Waals surface area contributed by atoms with Gasteiger partial charge in [0.1, 0.15) is 6.33 Å². The van der Waals surface area contributed by atoms with Crippen LogP contribution in [-0.2, 0) is 11.8 Å². The smallest absolute Gasteiger partial charge is 0.428 e. The third-order valence-electron chi connectivity index (χ3n) is 3.66. The highest BCUT2D eigenvalue weighted by Crippen LogP contribution is 2.48. The van der Waals surface area contributed by atoms with Gasteiger partial charge in [-0.15, -0.1) is 5.10 Å². The maximum atomic E-state index is 13.0. The van der Waals surface area contributed by atoms with Crippen LogP contribution in [0.25, 0.3) is 5.65 Å². The fraction of sp³-hybridized carbons (Fsp3) is 0.545. The van der Waals surface area contributed by atoms with E-state index in [4.69, 9.17) is 0 Å². The minimum absolute atomic E-state index is 0.246. The van der Waals surface area contributed by atoms with Gasteiger partial charge in [0.15, 0.2) is 11.3 Å². The summed E-state index contributed by atoms with van der Waals surface area (Å²) in [6.45, 7) is 0. The van der Waals surface area contributed by atoms with Crippen LogP contribution in [0.5, 0.6) is 0 Å². The van der Waals surface area contributed by atoms with E-state index in [1.165, 1.54) is 7.05 Å². The van der Waals surface area contributed by atoms with Crippen molar-refractivity contribution in [3.05, 3.63) is 22.5 Å². The van der Waals surface area contributed by atoms with Gasteiger partial charge in [0.2, 0.25) is 5.60 Å². The lowest BCUT2D eigenvalue weighted by Crippen LogP contribution is -2.54. The zero-order valence-electron chi connectivity index (χ0n) is 11.3. The van der Waals surface area contributed by atoms with Crippen molar-refractivity contribution < 1.29 is 22.7 Å². The Kier molecular flexibility index (Phi) is 2.97. The zero-order chi connectivity index (χ0) is 16.1. The third kappa shape index (κ3) is 1.96. The Morgan fingerprint density at radius 3 is 2.64 bits per heavy atom. The van der Waals surface area contributed by atoms with Crippen molar-refractivity contribution in [3.8, 4) is 0 Å². The van der Waals surface area contributed by atoms with Gasteiger partial charge in [0.25, 0.3) is 0 Å². The van der Waals surface area contributed by atoms with E-state index in [1.807, 2.05) is 0 Å². The number of esters is 1. The normalized spacial score (nSPS) is 17.3. The highest BCUT2D eigenvalue weighted by molar-refractivity contribution is 5.93. The summed E-state index contributed by atoms with van der Waals surface area (Å²) in [4.78, 5) is 27.4. The van der Waals surface area contributed by atoms with E-state index in [2.05, 4.69) is 20.0 Å². The molecule has 0 atom stereocenters. The van der Waals surface area contributed by atoms with Crippen LogP contribution >= 0.6 is 0 Å². The van der Waals surface area contributed by atoms with E-state index < -0.39 is 29.1 Å². The molecule has 1 fully saturated rings. The first kappa shape index (κ1) is 14.5. The SMILES string of the molecule is Cn1nnc2c(C(=O)OC3(C(F)(F)F)CCC3)ncn2c1=O. The molecule has 0 spiro atoms. The van der Waals surface area contributed by atoms with Crippen LogP contribution in [0.15, 0.2) is 11.1 Å². The van der Waals surface area contributed by atoms with Crippen molar-refractivity contribution in [3.63, 3.8) is 0 Å². The summed E-state index contributed by atoms with van der Waals surface area (Å²) in [5.41, 5.74) is -3.83. The Hall–Kier alpha value is -2.46. The molecule has 0 bridgehead atoms. The van der Waals surface area contributed by atoms with Crippen LogP contribution < -0.4 is 5.69 Å². The second-order valence-corrected chi connectivity index (χ2v) is 5.02. The highest BCUT2D eigenvalue weighted by Gasteiger charge is 2.62. The van der Waals surface area contributed by atoms with Crippen LogP contribution in [0.3, 0.4) is 0 Å². The van der Waals surface area contributed by atoms with Gasteiger partial charge in [-0.2, -0.15) is 17.9 Å². The minimum Gasteiger partial charge on any atom is -0.445 e. The molecule has 0 radical (unpaired) electrons. The first-order valence-corrected chi connectivity index (χ1v) is 6.32. The summed E-state index contributed by atoms with van der Waals surface area (Å²) in [7, 11) is 1.33. The predicted molar refractivity (Wildman–Crippen MR) is 64.1 cm³/mol. The molecule has 1 aliphatic rings. The molecule has 22 heavy (non-hydrogen) atoms. The first-order chi connectivity index (χ1) is 10.3. The second kappa shape index (κ2) is 4.52. The summed E-state index contributed by atoms with van der Waals surface area (Å²) in [6, 6.07) is 0. The molecule has 118 valence electrons. The number of nitrogens with zero attached hydrogens (tertiary/aromatic N) is 5. The van der Waals surface area contributed by atoms with E-state index in [1.54, 1.807) is 0 Å². The molecule has 8 nitrogen and oxygen atoms in total. The van der Waals surface area contributed by atoms with Gasteiger partial charge in [-0.25, -0.2) is 19.0 Å². The van der Waals surface area contributed by atoms with E-state index in [-0.39, 0.29) is 18.5 Å². The number of hydrogen-bond acceptors (Lipinski definition) is 6. The molecule has 1 aliphatic carbocycles. The van der Waals surface area contributed by atoms with Gasteiger partial charge in [-0.05, 0) is 19.3 Å². The van der Waals surface area contributed by atoms with Crippen LogP contribution in [0.2, 0.25) is 0 Å². The summed E-state index contributed by atoms with van der Waals surface area (Å²) in [5, 5.41) is 7.05. The minimum atomic E-state index is -4.65. The number of carbonyl (C=O) groups excluding carboxylic acids is 1. The molecule has 0 aliphatic heterocycles. The molecule has 0 N–H and O–H groups in total. The number of ether oxygens (including phenoxy) is 1. The molecule has 0 aromatic carbocycles. The van der Waals surface area contributed by atoms with Gasteiger partial charge in [0, 0.05) is 7.05 Å². The average molecular weight is 317 g/mol.